The van der Waals surface area contributed by atoms with Gasteiger partial charge < -0.3 is 10.2 Å². The molecule has 0 fully saturated rings. The molecule has 0 aliphatic heterocycles. The molecule has 152 valence electrons. The number of nitrogens with zero attached hydrogens (tertiary/aromatic N) is 1. The fraction of sp³-hybridized carbons (Fsp3) is 0.360. The first-order valence-corrected chi connectivity index (χ1v) is 10.6. The monoisotopic (exact) mass is 390 g/mol. The Morgan fingerprint density at radius 2 is 1.79 bits per heavy atom. The lowest BCUT2D eigenvalue weighted by atomic mass is 9.97. The van der Waals surface area contributed by atoms with E-state index in [1.165, 1.54) is 18.4 Å². The molecular formula is C25H30N2O2. The Morgan fingerprint density at radius 3 is 2.52 bits per heavy atom. The Hall–Kier alpha value is -2.88. The fourth-order valence-corrected chi connectivity index (χ4v) is 3.68. The maximum Gasteiger partial charge on any atom is 0.254 e. The molecular weight excluding hydrogens is 360 g/mol. The summed E-state index contributed by atoms with van der Waals surface area (Å²) in [6, 6.07) is 17.0. The van der Waals surface area contributed by atoms with Crippen molar-refractivity contribution in [2.75, 3.05) is 13.1 Å². The van der Waals surface area contributed by atoms with E-state index in [9.17, 15) is 9.59 Å². The Kier molecular flexibility index (Phi) is 7.62. The maximum atomic E-state index is 13.0. The second-order valence-electron chi connectivity index (χ2n) is 7.50. The minimum absolute atomic E-state index is 0.0571. The molecule has 0 spiro atoms. The normalized spacial score (nSPS) is 13.5. The summed E-state index contributed by atoms with van der Waals surface area (Å²) in [6.07, 6.45) is 8.04. The first kappa shape index (κ1) is 20.8. The van der Waals surface area contributed by atoms with Crippen LogP contribution in [-0.4, -0.2) is 29.8 Å². The van der Waals surface area contributed by atoms with Gasteiger partial charge in [-0.1, -0.05) is 48.0 Å². The number of allylic oxidation sites excluding steroid dienone is 1. The molecule has 0 saturated heterocycles. The average molecular weight is 391 g/mol. The van der Waals surface area contributed by atoms with Gasteiger partial charge in [0.2, 0.25) is 0 Å². The highest BCUT2D eigenvalue weighted by Gasteiger charge is 2.16. The maximum absolute atomic E-state index is 13.0. The van der Waals surface area contributed by atoms with Crippen molar-refractivity contribution in [3.63, 3.8) is 0 Å². The summed E-state index contributed by atoms with van der Waals surface area (Å²) in [5.74, 6) is -0.180. The average Bonchev–Trinajstić information content (AvgIpc) is 2.78. The van der Waals surface area contributed by atoms with E-state index in [0.717, 1.165) is 24.8 Å². The number of carbonyl (C=O) groups is 2. The van der Waals surface area contributed by atoms with Crippen LogP contribution < -0.4 is 5.32 Å². The van der Waals surface area contributed by atoms with Crippen LogP contribution in [0.5, 0.6) is 0 Å². The van der Waals surface area contributed by atoms with Crippen molar-refractivity contribution in [2.45, 2.75) is 45.6 Å². The summed E-state index contributed by atoms with van der Waals surface area (Å²) in [5, 5.41) is 2.99. The van der Waals surface area contributed by atoms with Crippen molar-refractivity contribution >= 4 is 11.8 Å². The van der Waals surface area contributed by atoms with Crippen LogP contribution in [0.15, 0.2) is 66.2 Å². The molecule has 0 radical (unpaired) electrons. The Balaban J connectivity index is 1.60. The number of hydrogen-bond donors (Lipinski definition) is 1. The van der Waals surface area contributed by atoms with Gasteiger partial charge in [0.25, 0.3) is 11.8 Å². The molecule has 1 aliphatic carbocycles. The van der Waals surface area contributed by atoms with Crippen LogP contribution in [0.3, 0.4) is 0 Å². The first-order valence-electron chi connectivity index (χ1n) is 10.6. The molecule has 0 aromatic heterocycles. The van der Waals surface area contributed by atoms with E-state index in [2.05, 4.69) is 11.4 Å². The summed E-state index contributed by atoms with van der Waals surface area (Å²) in [6.45, 7) is 3.77. The van der Waals surface area contributed by atoms with Crippen molar-refractivity contribution in [1.29, 1.82) is 0 Å². The molecule has 0 bridgehead atoms. The highest BCUT2D eigenvalue weighted by molar-refractivity contribution is 5.99. The third-order valence-corrected chi connectivity index (χ3v) is 5.37. The van der Waals surface area contributed by atoms with Gasteiger partial charge in [-0.3, -0.25) is 9.59 Å². The fourth-order valence-electron chi connectivity index (χ4n) is 3.68. The summed E-state index contributed by atoms with van der Waals surface area (Å²) < 4.78 is 0. The summed E-state index contributed by atoms with van der Waals surface area (Å²) >= 11 is 0. The number of carbonyl (C=O) groups excluding carboxylic acids is 2. The largest absolute Gasteiger partial charge is 0.352 e. The van der Waals surface area contributed by atoms with Gasteiger partial charge >= 0.3 is 0 Å². The number of amides is 2. The third kappa shape index (κ3) is 6.05. The molecule has 1 N–H and O–H groups in total. The smallest absolute Gasteiger partial charge is 0.254 e. The van der Waals surface area contributed by atoms with Crippen LogP contribution in [-0.2, 0) is 6.54 Å². The van der Waals surface area contributed by atoms with E-state index in [-0.39, 0.29) is 11.8 Å². The topological polar surface area (TPSA) is 49.4 Å². The number of rotatable bonds is 8. The van der Waals surface area contributed by atoms with Gasteiger partial charge in [0.15, 0.2) is 0 Å². The zero-order valence-electron chi connectivity index (χ0n) is 17.2. The lowest BCUT2D eigenvalue weighted by molar-refractivity contribution is 0.0752. The minimum atomic E-state index is -0.123. The van der Waals surface area contributed by atoms with Crippen LogP contribution in [0.25, 0.3) is 0 Å². The van der Waals surface area contributed by atoms with Gasteiger partial charge in [-0.05, 0) is 62.8 Å². The number of benzene rings is 2. The van der Waals surface area contributed by atoms with E-state index in [0.29, 0.717) is 30.8 Å². The first-order chi connectivity index (χ1) is 14.2. The summed E-state index contributed by atoms with van der Waals surface area (Å²) in [4.78, 5) is 27.3. The standard InChI is InChI=1S/C25H30N2O2/c1-2-27(19-21-12-7-4-8-13-21)25(29)23-15-9-14-22(18-23)24(28)26-17-16-20-10-5-3-6-11-20/h4,7-10,12-15,18H,2-3,5-6,11,16-17,19H2,1H3,(H,26,28). The molecule has 2 amide bonds. The molecule has 1 aliphatic rings. The highest BCUT2D eigenvalue weighted by atomic mass is 16.2. The molecule has 2 aromatic rings. The van der Waals surface area contributed by atoms with Crippen LogP contribution in [0.2, 0.25) is 0 Å². The van der Waals surface area contributed by atoms with Crippen molar-refractivity contribution in [2.24, 2.45) is 0 Å². The second kappa shape index (κ2) is 10.6. The van der Waals surface area contributed by atoms with Crippen LogP contribution >= 0.6 is 0 Å². The molecule has 4 nitrogen and oxygen atoms in total. The van der Waals surface area contributed by atoms with Crippen LogP contribution in [0.4, 0.5) is 0 Å². The molecule has 2 aromatic carbocycles. The van der Waals surface area contributed by atoms with E-state index in [4.69, 9.17) is 0 Å². The highest BCUT2D eigenvalue weighted by Crippen LogP contribution is 2.19. The zero-order valence-corrected chi connectivity index (χ0v) is 17.2. The lowest BCUT2D eigenvalue weighted by Crippen LogP contribution is -2.31. The molecule has 29 heavy (non-hydrogen) atoms. The SMILES string of the molecule is CCN(Cc1ccccc1)C(=O)c1cccc(C(=O)NCCC2=CCCCC2)c1. The van der Waals surface area contributed by atoms with Gasteiger partial charge in [-0.15, -0.1) is 0 Å². The predicted molar refractivity (Wildman–Crippen MR) is 117 cm³/mol. The molecule has 0 saturated carbocycles. The lowest BCUT2D eigenvalue weighted by Gasteiger charge is -2.21. The van der Waals surface area contributed by atoms with Gasteiger partial charge in [0.1, 0.15) is 0 Å². The minimum Gasteiger partial charge on any atom is -0.352 e. The van der Waals surface area contributed by atoms with Gasteiger partial charge in [0, 0.05) is 30.8 Å². The molecule has 3 rings (SSSR count). The van der Waals surface area contributed by atoms with Crippen molar-refractivity contribution < 1.29 is 9.59 Å². The van der Waals surface area contributed by atoms with Crippen molar-refractivity contribution in [3.8, 4) is 0 Å². The van der Waals surface area contributed by atoms with Crippen molar-refractivity contribution in [3.05, 3.63) is 82.9 Å². The third-order valence-electron chi connectivity index (χ3n) is 5.37. The van der Waals surface area contributed by atoms with E-state index in [1.54, 1.807) is 29.2 Å². The summed E-state index contributed by atoms with van der Waals surface area (Å²) in [5.41, 5.74) is 3.61. The van der Waals surface area contributed by atoms with E-state index in [1.807, 2.05) is 37.3 Å². The molecule has 4 heteroatoms. The Bertz CT molecular complexity index is 858. The van der Waals surface area contributed by atoms with Gasteiger partial charge in [-0.25, -0.2) is 0 Å². The number of nitrogens with one attached hydrogen (secondary N) is 1. The van der Waals surface area contributed by atoms with Crippen molar-refractivity contribution in [1.82, 2.24) is 10.2 Å². The van der Waals surface area contributed by atoms with Gasteiger partial charge in [-0.2, -0.15) is 0 Å². The van der Waals surface area contributed by atoms with Crippen LogP contribution in [0.1, 0.15) is 65.3 Å². The molecule has 0 heterocycles. The zero-order chi connectivity index (χ0) is 20.5. The summed E-state index contributed by atoms with van der Waals surface area (Å²) in [7, 11) is 0. The Morgan fingerprint density at radius 1 is 1.00 bits per heavy atom. The van der Waals surface area contributed by atoms with Crippen LogP contribution in [0, 0.1) is 0 Å². The number of hydrogen-bond acceptors (Lipinski definition) is 2. The second-order valence-corrected chi connectivity index (χ2v) is 7.50. The predicted octanol–water partition coefficient (Wildman–Crippen LogP) is 4.97. The Labute approximate surface area is 173 Å². The quantitative estimate of drug-likeness (QED) is 0.647. The van der Waals surface area contributed by atoms with Gasteiger partial charge in [0.05, 0.1) is 0 Å². The molecule has 0 unspecified atom stereocenters. The molecule has 0 atom stereocenters. The van der Waals surface area contributed by atoms with E-state index < -0.39 is 0 Å². The van der Waals surface area contributed by atoms with E-state index >= 15 is 0 Å².